The number of carbonyl (C=O) groups is 1. The summed E-state index contributed by atoms with van der Waals surface area (Å²) in [5.41, 5.74) is 7.03. The van der Waals surface area contributed by atoms with Crippen molar-refractivity contribution in [3.8, 4) is 0 Å². The Morgan fingerprint density at radius 2 is 1.93 bits per heavy atom. The van der Waals surface area contributed by atoms with E-state index in [0.717, 1.165) is 5.56 Å². The number of hydrogen-bond acceptors (Lipinski definition) is 8. The average Bonchev–Trinajstić information content (AvgIpc) is 2.95. The molecular formula is C19H24N6O4S. The molecule has 0 aliphatic heterocycles. The number of nitrogens with two attached hydrogens (primary N) is 1. The highest BCUT2D eigenvalue weighted by molar-refractivity contribution is 7.92. The second kappa shape index (κ2) is 8.66. The molecule has 11 heteroatoms. The van der Waals surface area contributed by atoms with Crippen LogP contribution in [0.5, 0.6) is 0 Å². The lowest BCUT2D eigenvalue weighted by Gasteiger charge is -2.08. The molecule has 0 amide bonds. The van der Waals surface area contributed by atoms with Gasteiger partial charge in [0, 0.05) is 12.7 Å². The Labute approximate surface area is 173 Å². The van der Waals surface area contributed by atoms with Gasteiger partial charge in [0.2, 0.25) is 5.16 Å². The van der Waals surface area contributed by atoms with Crippen LogP contribution in [0.4, 0.5) is 5.82 Å². The van der Waals surface area contributed by atoms with Gasteiger partial charge in [0.05, 0.1) is 13.1 Å². The first kappa shape index (κ1) is 21.5. The van der Waals surface area contributed by atoms with Gasteiger partial charge in [0.25, 0.3) is 0 Å². The molecule has 2 aromatic heterocycles. The van der Waals surface area contributed by atoms with Crippen molar-refractivity contribution in [2.24, 2.45) is 0 Å². The van der Waals surface area contributed by atoms with Crippen molar-refractivity contribution in [1.82, 2.24) is 19.1 Å². The molecule has 3 N–H and O–H groups in total. The van der Waals surface area contributed by atoms with E-state index in [0.29, 0.717) is 6.42 Å². The number of carbonyl (C=O) groups excluding carboxylic acids is 1. The van der Waals surface area contributed by atoms with Crippen LogP contribution in [-0.2, 0) is 32.3 Å². The number of ether oxygens (including phenoxy) is 1. The number of hydrogen-bond donors (Lipinski definition) is 2. The van der Waals surface area contributed by atoms with Crippen LogP contribution in [0, 0.1) is 4.78 Å². The lowest BCUT2D eigenvalue weighted by molar-refractivity contribution is -0.141. The average molecular weight is 433 g/mol. The molecule has 1 aromatic carbocycles. The molecule has 0 saturated carbocycles. The molecule has 0 spiro atoms. The number of anilines is 1. The summed E-state index contributed by atoms with van der Waals surface area (Å²) in [6.45, 7) is 3.34. The monoisotopic (exact) mass is 432 g/mol. The predicted octanol–water partition coefficient (Wildman–Crippen LogP) is 1.60. The maximum Gasteiger partial charge on any atom is 0.330 e. The quantitative estimate of drug-likeness (QED) is 0.406. The van der Waals surface area contributed by atoms with E-state index in [1.165, 1.54) is 16.1 Å². The van der Waals surface area contributed by atoms with Crippen LogP contribution in [-0.4, -0.2) is 41.6 Å². The molecule has 0 aliphatic carbocycles. The van der Waals surface area contributed by atoms with Crippen molar-refractivity contribution in [1.29, 1.82) is 4.78 Å². The lowest BCUT2D eigenvalue weighted by Crippen LogP contribution is -2.26. The third-order valence-corrected chi connectivity index (χ3v) is 6.21. The van der Waals surface area contributed by atoms with E-state index >= 15 is 0 Å². The summed E-state index contributed by atoms with van der Waals surface area (Å²) in [5.74, 6) is -0.414. The van der Waals surface area contributed by atoms with Crippen molar-refractivity contribution >= 4 is 32.7 Å². The molecule has 0 radical (unpaired) electrons. The van der Waals surface area contributed by atoms with Gasteiger partial charge < -0.3 is 10.5 Å². The van der Waals surface area contributed by atoms with Crippen LogP contribution in [0.25, 0.3) is 11.2 Å². The van der Waals surface area contributed by atoms with Gasteiger partial charge in [-0.1, -0.05) is 37.3 Å². The first-order chi connectivity index (χ1) is 14.2. The highest BCUT2D eigenvalue weighted by Crippen LogP contribution is 2.21. The summed E-state index contributed by atoms with van der Waals surface area (Å²) >= 11 is 0. The van der Waals surface area contributed by atoms with E-state index in [-0.39, 0.29) is 47.6 Å². The zero-order valence-corrected chi connectivity index (χ0v) is 17.6. The fourth-order valence-electron chi connectivity index (χ4n) is 3.14. The van der Waals surface area contributed by atoms with Crippen LogP contribution < -0.4 is 11.4 Å². The van der Waals surface area contributed by atoms with Gasteiger partial charge in [-0.15, -0.1) is 0 Å². The molecule has 2 heterocycles. The summed E-state index contributed by atoms with van der Waals surface area (Å²) in [4.78, 5) is 32.7. The third-order valence-electron chi connectivity index (χ3n) is 4.45. The number of aromatic nitrogens is 4. The Bertz CT molecular complexity index is 1230. The molecule has 1 unspecified atom stereocenters. The van der Waals surface area contributed by atoms with Crippen molar-refractivity contribution in [3.63, 3.8) is 0 Å². The van der Waals surface area contributed by atoms with Crippen LogP contribution in [0.15, 0.2) is 40.3 Å². The maximum absolute atomic E-state index is 13.2. The predicted molar refractivity (Wildman–Crippen MR) is 113 cm³/mol. The minimum Gasteiger partial charge on any atom is -0.464 e. The minimum absolute atomic E-state index is 0.0219. The summed E-state index contributed by atoms with van der Waals surface area (Å²) in [5, 5.41) is -0.187. The SMILES string of the molecule is CCCS(=N)(=O)c1nc(N)c2c(n1)n(Cc1ccccc1)c(=O)n2CCOC(C)=O. The highest BCUT2D eigenvalue weighted by atomic mass is 32.2. The molecule has 3 aromatic rings. The van der Waals surface area contributed by atoms with E-state index in [9.17, 15) is 13.8 Å². The number of fused-ring (bicyclic) bond motifs is 1. The van der Waals surface area contributed by atoms with Crippen LogP contribution in [0.2, 0.25) is 0 Å². The lowest BCUT2D eigenvalue weighted by atomic mass is 10.2. The van der Waals surface area contributed by atoms with Crippen molar-refractivity contribution in [2.75, 3.05) is 18.1 Å². The van der Waals surface area contributed by atoms with Crippen molar-refractivity contribution < 1.29 is 13.7 Å². The van der Waals surface area contributed by atoms with E-state index in [4.69, 9.17) is 15.3 Å². The van der Waals surface area contributed by atoms with Gasteiger partial charge in [-0.05, 0) is 12.0 Å². The molecule has 0 aliphatic rings. The van der Waals surface area contributed by atoms with Gasteiger partial charge in [0.1, 0.15) is 21.9 Å². The smallest absolute Gasteiger partial charge is 0.330 e. The first-order valence-corrected chi connectivity index (χ1v) is 11.2. The second-order valence-electron chi connectivity index (χ2n) is 6.79. The van der Waals surface area contributed by atoms with Gasteiger partial charge in [-0.2, -0.15) is 4.98 Å². The van der Waals surface area contributed by atoms with Gasteiger partial charge >= 0.3 is 11.7 Å². The molecule has 0 fully saturated rings. The molecule has 30 heavy (non-hydrogen) atoms. The minimum atomic E-state index is -3.24. The number of nitrogens with one attached hydrogen (secondary N) is 1. The number of benzene rings is 1. The molecule has 0 saturated heterocycles. The Balaban J connectivity index is 2.20. The van der Waals surface area contributed by atoms with Gasteiger partial charge in [-0.3, -0.25) is 13.9 Å². The first-order valence-electron chi connectivity index (χ1n) is 9.45. The van der Waals surface area contributed by atoms with Crippen LogP contribution in [0.1, 0.15) is 25.8 Å². The summed E-state index contributed by atoms with van der Waals surface area (Å²) < 4.78 is 28.6. The zero-order chi connectivity index (χ0) is 21.9. The van der Waals surface area contributed by atoms with E-state index < -0.39 is 21.4 Å². The Morgan fingerprint density at radius 3 is 2.57 bits per heavy atom. The Kier molecular flexibility index (Phi) is 6.20. The molecule has 160 valence electrons. The summed E-state index contributed by atoms with van der Waals surface area (Å²) in [6, 6.07) is 9.31. The highest BCUT2D eigenvalue weighted by Gasteiger charge is 2.23. The number of rotatable bonds is 8. The molecule has 10 nitrogen and oxygen atoms in total. The standard InChI is InChI=1S/C19H24N6O4S/c1-3-11-30(21,28)18-22-16(20)15-17(23-18)25(12-14-7-5-4-6-8-14)19(27)24(15)9-10-29-13(2)26/h4-8,21H,3,9-12H2,1-2H3,(H2,20,22,23). The second-order valence-corrected chi connectivity index (χ2v) is 8.91. The van der Waals surface area contributed by atoms with Gasteiger partial charge in [-0.25, -0.2) is 18.8 Å². The fraction of sp³-hybridized carbons (Fsp3) is 0.368. The van der Waals surface area contributed by atoms with Gasteiger partial charge in [0.15, 0.2) is 11.5 Å². The molecular weight excluding hydrogens is 408 g/mol. The Morgan fingerprint density at radius 1 is 1.23 bits per heavy atom. The number of nitrogens with zero attached hydrogens (tertiary/aromatic N) is 4. The summed E-state index contributed by atoms with van der Waals surface area (Å²) in [6.07, 6.45) is 0.518. The number of imidazole rings is 1. The molecule has 3 rings (SSSR count). The van der Waals surface area contributed by atoms with Crippen LogP contribution >= 0.6 is 0 Å². The number of esters is 1. The maximum atomic E-state index is 13.2. The third kappa shape index (κ3) is 4.35. The largest absolute Gasteiger partial charge is 0.464 e. The summed E-state index contributed by atoms with van der Waals surface area (Å²) in [7, 11) is -3.24. The normalized spacial score (nSPS) is 13.3. The van der Waals surface area contributed by atoms with Crippen molar-refractivity contribution in [2.45, 2.75) is 38.5 Å². The number of nitrogen functional groups attached to an aromatic ring is 1. The topological polar surface area (TPSA) is 146 Å². The molecule has 0 bridgehead atoms. The van der Waals surface area contributed by atoms with Crippen molar-refractivity contribution in [3.05, 3.63) is 46.4 Å². The van der Waals surface area contributed by atoms with E-state index in [1.807, 2.05) is 37.3 Å². The molecule has 1 atom stereocenters. The Hall–Kier alpha value is -3.21. The van der Waals surface area contributed by atoms with E-state index in [1.54, 1.807) is 0 Å². The van der Waals surface area contributed by atoms with Crippen LogP contribution in [0.3, 0.4) is 0 Å². The zero-order valence-electron chi connectivity index (χ0n) is 16.8. The van der Waals surface area contributed by atoms with E-state index in [2.05, 4.69) is 9.97 Å². The fourth-order valence-corrected chi connectivity index (χ4v) is 4.38.